The first-order valence-electron chi connectivity index (χ1n) is 9.29. The Hall–Kier alpha value is -2.83. The summed E-state index contributed by atoms with van der Waals surface area (Å²) in [7, 11) is -3.96. The van der Waals surface area contributed by atoms with Crippen LogP contribution in [0, 0.1) is 20.8 Å². The highest BCUT2D eigenvalue weighted by atomic mass is 35.5. The van der Waals surface area contributed by atoms with Crippen molar-refractivity contribution in [2.24, 2.45) is 0 Å². The summed E-state index contributed by atoms with van der Waals surface area (Å²) in [6, 6.07) is 14.6. The number of anilines is 1. The molecule has 0 aromatic heterocycles. The fourth-order valence-corrected chi connectivity index (χ4v) is 4.59. The number of hydrogen-bond donors (Lipinski definition) is 2. The Bertz CT molecular complexity index is 1200. The molecule has 0 spiro atoms. The molecular weight excluding hydrogens is 422 g/mol. The van der Waals surface area contributed by atoms with Gasteiger partial charge < -0.3 is 10.4 Å². The van der Waals surface area contributed by atoms with E-state index in [4.69, 9.17) is 11.6 Å². The average molecular weight is 444 g/mol. The Morgan fingerprint density at radius 1 is 0.967 bits per heavy atom. The SMILES string of the molecule is Cc1ccc(S(=O)(=O)c2cc(NC(=O)Cc3ccc(Cl)cc3)c(C)c(C)c2O)cc1. The van der Waals surface area contributed by atoms with Crippen LogP contribution in [0.25, 0.3) is 0 Å². The average Bonchev–Trinajstić information content (AvgIpc) is 2.70. The van der Waals surface area contributed by atoms with Gasteiger partial charge in [-0.2, -0.15) is 0 Å². The molecule has 3 aromatic rings. The molecule has 5 nitrogen and oxygen atoms in total. The van der Waals surface area contributed by atoms with Crippen LogP contribution in [0.1, 0.15) is 22.3 Å². The Labute approximate surface area is 181 Å². The largest absolute Gasteiger partial charge is 0.506 e. The van der Waals surface area contributed by atoms with Gasteiger partial charge in [0.1, 0.15) is 10.6 Å². The molecule has 0 aliphatic carbocycles. The fourth-order valence-electron chi connectivity index (χ4n) is 3.03. The molecule has 2 N–H and O–H groups in total. The summed E-state index contributed by atoms with van der Waals surface area (Å²) >= 11 is 5.87. The summed E-state index contributed by atoms with van der Waals surface area (Å²) in [5.74, 6) is -0.618. The van der Waals surface area contributed by atoms with Crippen LogP contribution >= 0.6 is 11.6 Å². The number of rotatable bonds is 5. The van der Waals surface area contributed by atoms with Gasteiger partial charge in [0.15, 0.2) is 0 Å². The number of hydrogen-bond acceptors (Lipinski definition) is 4. The van der Waals surface area contributed by atoms with Gasteiger partial charge in [0.05, 0.1) is 11.3 Å². The number of carbonyl (C=O) groups excluding carboxylic acids is 1. The Morgan fingerprint density at radius 2 is 1.57 bits per heavy atom. The summed E-state index contributed by atoms with van der Waals surface area (Å²) in [6.07, 6.45) is 0.108. The highest BCUT2D eigenvalue weighted by Gasteiger charge is 2.25. The van der Waals surface area contributed by atoms with Crippen LogP contribution in [0.3, 0.4) is 0 Å². The van der Waals surface area contributed by atoms with Crippen molar-refractivity contribution in [3.8, 4) is 5.75 Å². The minimum absolute atomic E-state index is 0.0742. The minimum Gasteiger partial charge on any atom is -0.506 e. The molecule has 0 saturated heterocycles. The predicted octanol–water partition coefficient (Wildman–Crippen LogP) is 4.98. The molecule has 30 heavy (non-hydrogen) atoms. The molecule has 1 amide bonds. The second-order valence-electron chi connectivity index (χ2n) is 7.19. The molecule has 0 heterocycles. The monoisotopic (exact) mass is 443 g/mol. The van der Waals surface area contributed by atoms with Crippen LogP contribution < -0.4 is 5.32 Å². The van der Waals surface area contributed by atoms with Crippen molar-refractivity contribution >= 4 is 33.0 Å². The minimum atomic E-state index is -3.96. The molecule has 0 fully saturated rings. The van der Waals surface area contributed by atoms with Gasteiger partial charge in [-0.05, 0) is 67.8 Å². The van der Waals surface area contributed by atoms with Crippen molar-refractivity contribution in [3.63, 3.8) is 0 Å². The Kier molecular flexibility index (Phi) is 6.19. The number of nitrogens with one attached hydrogen (secondary N) is 1. The highest BCUT2D eigenvalue weighted by Crippen LogP contribution is 2.37. The summed E-state index contributed by atoms with van der Waals surface area (Å²) in [5.41, 5.74) is 3.03. The van der Waals surface area contributed by atoms with Crippen molar-refractivity contribution < 1.29 is 18.3 Å². The lowest BCUT2D eigenvalue weighted by Crippen LogP contribution is -2.16. The first-order valence-corrected chi connectivity index (χ1v) is 11.1. The number of benzene rings is 3. The van der Waals surface area contributed by atoms with E-state index in [-0.39, 0.29) is 27.9 Å². The summed E-state index contributed by atoms with van der Waals surface area (Å²) in [4.78, 5) is 12.4. The van der Waals surface area contributed by atoms with Crippen LogP contribution in [0.15, 0.2) is 64.4 Å². The standard InChI is InChI=1S/C23H22ClNO4S/c1-14-4-10-19(11-5-14)30(28,29)21-13-20(15(2)16(3)23(21)27)25-22(26)12-17-6-8-18(24)9-7-17/h4-11,13,27H,12H2,1-3H3,(H,25,26). The molecule has 156 valence electrons. The van der Waals surface area contributed by atoms with Gasteiger partial charge in [0.25, 0.3) is 0 Å². The summed E-state index contributed by atoms with van der Waals surface area (Å²) < 4.78 is 26.2. The van der Waals surface area contributed by atoms with Gasteiger partial charge in [-0.1, -0.05) is 41.4 Å². The normalized spacial score (nSPS) is 11.3. The molecule has 3 aromatic carbocycles. The third-order valence-electron chi connectivity index (χ3n) is 5.00. The van der Waals surface area contributed by atoms with Gasteiger partial charge in [0, 0.05) is 10.7 Å². The zero-order valence-electron chi connectivity index (χ0n) is 16.9. The number of aromatic hydroxyl groups is 1. The van der Waals surface area contributed by atoms with E-state index < -0.39 is 9.84 Å². The van der Waals surface area contributed by atoms with Gasteiger partial charge >= 0.3 is 0 Å². The third kappa shape index (κ3) is 4.50. The maximum atomic E-state index is 13.1. The van der Waals surface area contributed by atoms with E-state index in [0.717, 1.165) is 11.1 Å². The Morgan fingerprint density at radius 3 is 2.17 bits per heavy atom. The van der Waals surface area contributed by atoms with E-state index >= 15 is 0 Å². The molecule has 0 atom stereocenters. The first kappa shape index (κ1) is 21.9. The molecule has 0 aliphatic heterocycles. The molecule has 0 aliphatic rings. The maximum absolute atomic E-state index is 13.1. The van der Waals surface area contributed by atoms with E-state index in [1.165, 1.54) is 18.2 Å². The number of amides is 1. The van der Waals surface area contributed by atoms with E-state index in [1.54, 1.807) is 50.2 Å². The third-order valence-corrected chi connectivity index (χ3v) is 7.04. The van der Waals surface area contributed by atoms with Gasteiger partial charge in [-0.15, -0.1) is 0 Å². The number of phenolic OH excluding ortho intramolecular Hbond substituents is 1. The lowest BCUT2D eigenvalue weighted by Gasteiger charge is -2.16. The second kappa shape index (κ2) is 8.50. The van der Waals surface area contributed by atoms with Crippen LogP contribution in [0.5, 0.6) is 5.75 Å². The van der Waals surface area contributed by atoms with Crippen molar-refractivity contribution in [3.05, 3.63) is 81.9 Å². The van der Waals surface area contributed by atoms with E-state index in [1.807, 2.05) is 6.92 Å². The van der Waals surface area contributed by atoms with Crippen molar-refractivity contribution in [1.82, 2.24) is 0 Å². The molecule has 0 saturated carbocycles. The van der Waals surface area contributed by atoms with Crippen LogP contribution in [0.4, 0.5) is 5.69 Å². The van der Waals surface area contributed by atoms with Crippen LogP contribution in [-0.4, -0.2) is 19.4 Å². The number of carbonyl (C=O) groups is 1. The van der Waals surface area contributed by atoms with Gasteiger partial charge in [-0.3, -0.25) is 4.79 Å². The quantitative estimate of drug-likeness (QED) is 0.544. The van der Waals surface area contributed by atoms with E-state index in [2.05, 4.69) is 5.32 Å². The second-order valence-corrected chi connectivity index (χ2v) is 9.54. The van der Waals surface area contributed by atoms with Gasteiger partial charge in [0.2, 0.25) is 15.7 Å². The zero-order chi connectivity index (χ0) is 22.1. The van der Waals surface area contributed by atoms with Crippen molar-refractivity contribution in [1.29, 1.82) is 0 Å². The van der Waals surface area contributed by atoms with Gasteiger partial charge in [-0.25, -0.2) is 8.42 Å². The smallest absolute Gasteiger partial charge is 0.228 e. The number of aryl methyl sites for hydroxylation is 1. The fraction of sp³-hybridized carbons (Fsp3) is 0.174. The summed E-state index contributed by atoms with van der Waals surface area (Å²) in [6.45, 7) is 5.20. The first-order chi connectivity index (χ1) is 14.1. The lowest BCUT2D eigenvalue weighted by molar-refractivity contribution is -0.115. The van der Waals surface area contributed by atoms with Crippen LogP contribution in [0.2, 0.25) is 5.02 Å². The lowest BCUT2D eigenvalue weighted by atomic mass is 10.1. The molecule has 7 heteroatoms. The highest BCUT2D eigenvalue weighted by molar-refractivity contribution is 7.91. The topological polar surface area (TPSA) is 83.5 Å². The molecule has 0 radical (unpaired) electrons. The van der Waals surface area contributed by atoms with Crippen LogP contribution in [-0.2, 0) is 21.1 Å². The maximum Gasteiger partial charge on any atom is 0.228 e. The zero-order valence-corrected chi connectivity index (χ0v) is 18.4. The number of phenols is 1. The van der Waals surface area contributed by atoms with Crippen molar-refractivity contribution in [2.45, 2.75) is 37.0 Å². The summed E-state index contributed by atoms with van der Waals surface area (Å²) in [5, 5.41) is 13.9. The molecule has 0 unspecified atom stereocenters. The van der Waals surface area contributed by atoms with Crippen molar-refractivity contribution in [2.75, 3.05) is 5.32 Å². The molecule has 0 bridgehead atoms. The number of halogens is 1. The van der Waals surface area contributed by atoms with E-state index in [9.17, 15) is 18.3 Å². The Balaban J connectivity index is 1.96. The number of sulfone groups is 1. The van der Waals surface area contributed by atoms with E-state index in [0.29, 0.717) is 21.8 Å². The predicted molar refractivity (Wildman–Crippen MR) is 118 cm³/mol. The molecule has 3 rings (SSSR count). The molecular formula is C23H22ClNO4S.